The minimum absolute atomic E-state index is 0.0689. The Bertz CT molecular complexity index is 2270. The number of benzene rings is 3. The van der Waals surface area contributed by atoms with Gasteiger partial charge >= 0.3 is 0 Å². The van der Waals surface area contributed by atoms with Gasteiger partial charge in [-0.1, -0.05) is 41.0 Å². The Hall–Kier alpha value is -4.93. The summed E-state index contributed by atoms with van der Waals surface area (Å²) in [5.74, 6) is 2.38. The molecule has 5 aromatic rings. The maximum atomic E-state index is 13.2. The van der Waals surface area contributed by atoms with Crippen molar-refractivity contribution in [1.82, 2.24) is 35.3 Å². The Morgan fingerprint density at radius 2 is 1.71 bits per heavy atom. The molecule has 0 saturated carbocycles. The summed E-state index contributed by atoms with van der Waals surface area (Å²) in [4.78, 5) is 18.5. The van der Waals surface area contributed by atoms with Gasteiger partial charge in [-0.2, -0.15) is 0 Å². The second kappa shape index (κ2) is 17.7. The second-order valence-corrected chi connectivity index (χ2v) is 15.3. The van der Waals surface area contributed by atoms with Crippen molar-refractivity contribution in [3.05, 3.63) is 105 Å². The number of carbonyl (C=O) groups is 1. The normalized spacial score (nSPS) is 13.9. The molecule has 0 fully saturated rings. The average molecular weight is 789 g/mol. The number of ether oxygens (including phenoxy) is 2. The van der Waals surface area contributed by atoms with Crippen molar-refractivity contribution in [2.24, 2.45) is 4.99 Å². The number of aliphatic imine (C=N–C) groups is 1. The smallest absolute Gasteiger partial charge is 0.240 e. The van der Waals surface area contributed by atoms with Gasteiger partial charge in [0.25, 0.3) is 0 Å². The molecular weight excluding hydrogens is 744 g/mol. The van der Waals surface area contributed by atoms with Crippen LogP contribution in [0, 0.1) is 27.7 Å². The highest BCUT2D eigenvalue weighted by Crippen LogP contribution is 2.35. The molecule has 55 heavy (non-hydrogen) atoms. The molecule has 0 saturated heterocycles. The lowest BCUT2D eigenvalue weighted by atomic mass is 10.00. The first-order chi connectivity index (χ1) is 26.5. The molecule has 16 heteroatoms. The van der Waals surface area contributed by atoms with Gasteiger partial charge in [-0.05, 0) is 81.6 Å². The SMILES string of the molecule is COc1ccc2c(c1)C(c1ccc(Cl)cc1)=N[C@@H](CC(=O)NCCNCCOCCCNS(=O)(=O)c1cc(-c3c(C)noc3C)ccc1C)c1nnc(C)n1-2. The highest BCUT2D eigenvalue weighted by Gasteiger charge is 2.30. The molecule has 3 heterocycles. The maximum absolute atomic E-state index is 13.2. The van der Waals surface area contributed by atoms with E-state index in [1.165, 1.54) is 0 Å². The molecule has 3 N–H and O–H groups in total. The fourth-order valence-electron chi connectivity index (χ4n) is 6.49. The zero-order valence-corrected chi connectivity index (χ0v) is 33.1. The number of carbonyl (C=O) groups excluding carboxylic acids is 1. The number of aromatic nitrogens is 4. The Balaban J connectivity index is 0.946. The van der Waals surface area contributed by atoms with E-state index >= 15 is 0 Å². The third-order valence-electron chi connectivity index (χ3n) is 9.23. The zero-order chi connectivity index (χ0) is 39.1. The highest BCUT2D eigenvalue weighted by molar-refractivity contribution is 7.89. The van der Waals surface area contributed by atoms with E-state index in [4.69, 9.17) is 30.6 Å². The van der Waals surface area contributed by atoms with Crippen LogP contribution in [0.3, 0.4) is 0 Å². The first-order valence-corrected chi connectivity index (χ1v) is 19.9. The van der Waals surface area contributed by atoms with Crippen LogP contribution in [-0.4, -0.2) is 86.5 Å². The number of hydrogen-bond acceptors (Lipinski definition) is 11. The van der Waals surface area contributed by atoms with Crippen LogP contribution >= 0.6 is 11.6 Å². The maximum Gasteiger partial charge on any atom is 0.240 e. The van der Waals surface area contributed by atoms with Crippen LogP contribution in [0.1, 0.15) is 58.7 Å². The standard InChI is InChI=1S/C39H45ClN8O6S/c1-24-7-8-29(37-25(2)47-54-26(37)3)21-35(24)55(50,51)43-15-6-19-53-20-18-41-16-17-42-36(49)23-33-39-46-45-27(4)48(39)34-14-13-31(52-5)22-32(34)38(44-33)28-9-11-30(40)12-10-28/h7-14,21-22,33,41,43H,6,15-20,23H2,1-5H3,(H,42,49)/t33-/m0/s1. The third-order valence-corrected chi connectivity index (χ3v) is 11.1. The van der Waals surface area contributed by atoms with Gasteiger partial charge in [0.05, 0.1) is 42.1 Å². The van der Waals surface area contributed by atoms with E-state index in [0.29, 0.717) is 84.4 Å². The number of nitrogens with one attached hydrogen (secondary N) is 3. The monoisotopic (exact) mass is 788 g/mol. The van der Waals surface area contributed by atoms with Gasteiger partial charge in [-0.3, -0.25) is 14.4 Å². The Labute approximate surface area is 325 Å². The van der Waals surface area contributed by atoms with Gasteiger partial charge in [-0.15, -0.1) is 10.2 Å². The predicted molar refractivity (Wildman–Crippen MR) is 210 cm³/mol. The van der Waals surface area contributed by atoms with Crippen molar-refractivity contribution < 1.29 is 27.2 Å². The van der Waals surface area contributed by atoms with Crippen molar-refractivity contribution >= 4 is 33.2 Å². The molecule has 1 amide bonds. The summed E-state index contributed by atoms with van der Waals surface area (Å²) in [6.45, 7) is 9.83. The molecule has 1 atom stereocenters. The minimum Gasteiger partial charge on any atom is -0.497 e. The summed E-state index contributed by atoms with van der Waals surface area (Å²) in [7, 11) is -2.11. The number of halogens is 1. The van der Waals surface area contributed by atoms with E-state index in [1.54, 1.807) is 33.1 Å². The number of fused-ring (bicyclic) bond motifs is 3. The minimum atomic E-state index is -3.73. The fraction of sp³-hybridized carbons (Fsp3) is 0.359. The lowest BCUT2D eigenvalue weighted by Gasteiger charge is -2.14. The van der Waals surface area contributed by atoms with E-state index in [2.05, 4.69) is 30.7 Å². The summed E-state index contributed by atoms with van der Waals surface area (Å²) in [5.41, 5.74) is 6.10. The summed E-state index contributed by atoms with van der Waals surface area (Å²) < 4.78 is 47.3. The van der Waals surface area contributed by atoms with Crippen LogP contribution < -0.4 is 20.1 Å². The van der Waals surface area contributed by atoms with E-state index < -0.39 is 16.1 Å². The lowest BCUT2D eigenvalue weighted by Crippen LogP contribution is -2.34. The first-order valence-electron chi connectivity index (χ1n) is 18.0. The highest BCUT2D eigenvalue weighted by atomic mass is 35.5. The molecule has 14 nitrogen and oxygen atoms in total. The molecule has 0 aliphatic carbocycles. The van der Waals surface area contributed by atoms with Crippen LogP contribution in [0.5, 0.6) is 5.75 Å². The molecule has 1 aliphatic heterocycles. The van der Waals surface area contributed by atoms with Gasteiger partial charge in [0.1, 0.15) is 23.4 Å². The van der Waals surface area contributed by atoms with Gasteiger partial charge in [0, 0.05) is 54.5 Å². The van der Waals surface area contributed by atoms with Crippen molar-refractivity contribution in [3.8, 4) is 22.6 Å². The number of nitrogens with zero attached hydrogens (tertiary/aromatic N) is 5. The molecule has 1 aliphatic rings. The van der Waals surface area contributed by atoms with Gasteiger partial charge < -0.3 is 24.6 Å². The number of methoxy groups -OCH3 is 1. The molecule has 0 unspecified atom stereocenters. The van der Waals surface area contributed by atoms with E-state index in [-0.39, 0.29) is 23.8 Å². The van der Waals surface area contributed by atoms with Crippen molar-refractivity contribution in [2.45, 2.75) is 51.5 Å². The fourth-order valence-corrected chi connectivity index (χ4v) is 7.95. The van der Waals surface area contributed by atoms with E-state index in [0.717, 1.165) is 27.9 Å². The number of hydrogen-bond donors (Lipinski definition) is 3. The topological polar surface area (TPSA) is 175 Å². The molecule has 6 rings (SSSR count). The van der Waals surface area contributed by atoms with Crippen molar-refractivity contribution in [1.29, 1.82) is 0 Å². The van der Waals surface area contributed by atoms with Crippen LogP contribution in [0.15, 0.2) is 75.1 Å². The average Bonchev–Trinajstić information content (AvgIpc) is 3.68. The largest absolute Gasteiger partial charge is 0.497 e. The summed E-state index contributed by atoms with van der Waals surface area (Å²) >= 11 is 6.20. The van der Waals surface area contributed by atoms with Crippen molar-refractivity contribution in [2.75, 3.05) is 46.5 Å². The molecule has 3 aromatic carbocycles. The van der Waals surface area contributed by atoms with Crippen LogP contribution in [0.2, 0.25) is 5.02 Å². The molecule has 0 bridgehead atoms. The lowest BCUT2D eigenvalue weighted by molar-refractivity contribution is -0.121. The van der Waals surface area contributed by atoms with E-state index in [9.17, 15) is 13.2 Å². The number of rotatable bonds is 17. The molecular formula is C39H45ClN8O6S. The molecule has 0 radical (unpaired) electrons. The quantitative estimate of drug-likeness (QED) is 0.106. The van der Waals surface area contributed by atoms with Crippen LogP contribution in [-0.2, 0) is 19.6 Å². The molecule has 0 spiro atoms. The van der Waals surface area contributed by atoms with E-state index in [1.807, 2.05) is 66.9 Å². The number of aryl methyl sites for hydroxylation is 4. The van der Waals surface area contributed by atoms with Crippen molar-refractivity contribution in [3.63, 3.8) is 0 Å². The number of amides is 1. The van der Waals surface area contributed by atoms with Crippen LogP contribution in [0.25, 0.3) is 16.8 Å². The first kappa shape index (κ1) is 39.8. The molecule has 290 valence electrons. The molecule has 2 aromatic heterocycles. The predicted octanol–water partition coefficient (Wildman–Crippen LogP) is 5.19. The second-order valence-electron chi connectivity index (χ2n) is 13.2. The summed E-state index contributed by atoms with van der Waals surface area (Å²) in [6, 6.07) is 17.9. The summed E-state index contributed by atoms with van der Waals surface area (Å²) in [5, 5.41) is 19.6. The van der Waals surface area contributed by atoms with Gasteiger partial charge in [0.15, 0.2) is 5.82 Å². The summed E-state index contributed by atoms with van der Waals surface area (Å²) in [6.07, 6.45) is 0.576. The Morgan fingerprint density at radius 3 is 2.45 bits per heavy atom. The Kier molecular flexibility index (Phi) is 12.8. The zero-order valence-electron chi connectivity index (χ0n) is 31.5. The van der Waals surface area contributed by atoms with Gasteiger partial charge in [-0.25, -0.2) is 13.1 Å². The van der Waals surface area contributed by atoms with Crippen LogP contribution in [0.4, 0.5) is 0 Å². The number of sulfonamides is 1. The Morgan fingerprint density at radius 1 is 0.927 bits per heavy atom. The third kappa shape index (κ3) is 9.31. The van der Waals surface area contributed by atoms with Gasteiger partial charge in [0.2, 0.25) is 15.9 Å².